The second-order valence-electron chi connectivity index (χ2n) is 4.17. The summed E-state index contributed by atoms with van der Waals surface area (Å²) in [6, 6.07) is 2.72. The molecule has 0 radical (unpaired) electrons. The number of hydrogen-bond donors (Lipinski definition) is 1. The normalized spacial score (nSPS) is 10.4. The number of esters is 2. The molecular weight excluding hydrogens is 280 g/mol. The number of fused-ring (bicyclic) bond motifs is 1. The summed E-state index contributed by atoms with van der Waals surface area (Å²) in [5.41, 5.74) is 0.258. The van der Waals surface area contributed by atoms with E-state index in [0.29, 0.717) is 5.52 Å². The Labute approximate surface area is 118 Å². The fourth-order valence-corrected chi connectivity index (χ4v) is 1.98. The van der Waals surface area contributed by atoms with Crippen molar-refractivity contribution in [1.29, 1.82) is 0 Å². The SMILES string of the molecule is COC(=O)c1cc2c(cc(C(=O)OC)n2C)nc1C(=O)O. The van der Waals surface area contributed by atoms with Crippen LogP contribution in [0, 0.1) is 0 Å². The molecule has 0 aliphatic carbocycles. The number of carbonyl (C=O) groups excluding carboxylic acids is 2. The number of aromatic carboxylic acids is 1. The fourth-order valence-electron chi connectivity index (χ4n) is 1.98. The predicted molar refractivity (Wildman–Crippen MR) is 70.4 cm³/mol. The monoisotopic (exact) mass is 292 g/mol. The van der Waals surface area contributed by atoms with Crippen molar-refractivity contribution in [2.24, 2.45) is 7.05 Å². The smallest absolute Gasteiger partial charge is 0.355 e. The lowest BCUT2D eigenvalue weighted by Gasteiger charge is -2.05. The van der Waals surface area contributed by atoms with Crippen LogP contribution in [0.2, 0.25) is 0 Å². The molecule has 8 nitrogen and oxygen atoms in total. The minimum absolute atomic E-state index is 0.185. The Balaban J connectivity index is 2.78. The average Bonchev–Trinajstić information content (AvgIpc) is 2.80. The molecule has 0 saturated heterocycles. The molecule has 2 heterocycles. The van der Waals surface area contributed by atoms with Crippen molar-refractivity contribution >= 4 is 28.9 Å². The van der Waals surface area contributed by atoms with Crippen LogP contribution in [0.4, 0.5) is 0 Å². The molecule has 1 N–H and O–H groups in total. The van der Waals surface area contributed by atoms with Gasteiger partial charge in [-0.05, 0) is 12.1 Å². The lowest BCUT2D eigenvalue weighted by molar-refractivity contribution is 0.0579. The van der Waals surface area contributed by atoms with Crippen LogP contribution < -0.4 is 0 Å². The molecule has 0 aromatic carbocycles. The van der Waals surface area contributed by atoms with Crippen LogP contribution in [0.5, 0.6) is 0 Å². The van der Waals surface area contributed by atoms with Crippen molar-refractivity contribution in [3.05, 3.63) is 29.1 Å². The van der Waals surface area contributed by atoms with Gasteiger partial charge in [0.1, 0.15) is 5.69 Å². The highest BCUT2D eigenvalue weighted by molar-refractivity contribution is 6.05. The highest BCUT2D eigenvalue weighted by Gasteiger charge is 2.23. The van der Waals surface area contributed by atoms with Crippen molar-refractivity contribution < 1.29 is 29.0 Å². The number of methoxy groups -OCH3 is 2. The summed E-state index contributed by atoms with van der Waals surface area (Å²) in [4.78, 5) is 38.4. The molecule has 0 unspecified atom stereocenters. The predicted octanol–water partition coefficient (Wildman–Crippen LogP) is 0.845. The van der Waals surface area contributed by atoms with Crippen LogP contribution in [0.25, 0.3) is 11.0 Å². The number of carboxylic acids is 1. The molecule has 0 atom stereocenters. The van der Waals surface area contributed by atoms with E-state index in [2.05, 4.69) is 14.5 Å². The quantitative estimate of drug-likeness (QED) is 0.835. The Kier molecular flexibility index (Phi) is 3.62. The number of aromatic nitrogens is 2. The van der Waals surface area contributed by atoms with Crippen LogP contribution in [0.1, 0.15) is 31.3 Å². The van der Waals surface area contributed by atoms with E-state index in [1.54, 1.807) is 7.05 Å². The molecule has 21 heavy (non-hydrogen) atoms. The van der Waals surface area contributed by atoms with E-state index in [-0.39, 0.29) is 16.8 Å². The van der Waals surface area contributed by atoms with Gasteiger partial charge in [-0.1, -0.05) is 0 Å². The first-order valence-corrected chi connectivity index (χ1v) is 5.81. The summed E-state index contributed by atoms with van der Waals surface area (Å²) < 4.78 is 10.6. The van der Waals surface area contributed by atoms with E-state index >= 15 is 0 Å². The molecule has 0 saturated carbocycles. The Morgan fingerprint density at radius 1 is 1.14 bits per heavy atom. The van der Waals surface area contributed by atoms with Crippen LogP contribution in [-0.2, 0) is 16.5 Å². The van der Waals surface area contributed by atoms with E-state index < -0.39 is 23.6 Å². The third kappa shape index (κ3) is 2.31. The second-order valence-corrected chi connectivity index (χ2v) is 4.17. The van der Waals surface area contributed by atoms with Gasteiger partial charge in [0, 0.05) is 7.05 Å². The molecular formula is C13H12N2O6. The van der Waals surface area contributed by atoms with Gasteiger partial charge >= 0.3 is 17.9 Å². The van der Waals surface area contributed by atoms with Gasteiger partial charge in [0.15, 0.2) is 5.69 Å². The van der Waals surface area contributed by atoms with Crippen molar-refractivity contribution in [3.63, 3.8) is 0 Å². The topological polar surface area (TPSA) is 108 Å². The van der Waals surface area contributed by atoms with Gasteiger partial charge in [0.05, 0.1) is 30.8 Å². The number of carbonyl (C=O) groups is 3. The Hall–Kier alpha value is -2.90. The molecule has 0 fully saturated rings. The van der Waals surface area contributed by atoms with E-state index in [4.69, 9.17) is 5.11 Å². The molecule has 2 rings (SSSR count). The largest absolute Gasteiger partial charge is 0.476 e. The van der Waals surface area contributed by atoms with Crippen molar-refractivity contribution in [1.82, 2.24) is 9.55 Å². The number of aryl methyl sites for hydroxylation is 1. The van der Waals surface area contributed by atoms with Gasteiger partial charge in [-0.25, -0.2) is 19.4 Å². The molecule has 0 spiro atoms. The number of rotatable bonds is 3. The van der Waals surface area contributed by atoms with Gasteiger partial charge in [0.25, 0.3) is 0 Å². The summed E-state index contributed by atoms with van der Waals surface area (Å²) >= 11 is 0. The van der Waals surface area contributed by atoms with Crippen LogP contribution >= 0.6 is 0 Å². The maximum Gasteiger partial charge on any atom is 0.355 e. The first-order valence-electron chi connectivity index (χ1n) is 5.81. The van der Waals surface area contributed by atoms with E-state index in [1.165, 1.54) is 23.8 Å². The summed E-state index contributed by atoms with van der Waals surface area (Å²) in [6.45, 7) is 0. The number of ether oxygens (including phenoxy) is 2. The standard InChI is InChI=1S/C13H12N2O6/c1-15-8-4-6(12(18)20-2)10(11(16)17)14-7(8)5-9(15)13(19)21-3/h4-5H,1-3H3,(H,16,17). The van der Waals surface area contributed by atoms with Gasteiger partial charge in [0.2, 0.25) is 0 Å². The van der Waals surface area contributed by atoms with Crippen molar-refractivity contribution in [2.75, 3.05) is 14.2 Å². The number of nitrogens with zero attached hydrogens (tertiary/aromatic N) is 2. The maximum absolute atomic E-state index is 11.7. The summed E-state index contributed by atoms with van der Waals surface area (Å²) in [6.07, 6.45) is 0. The van der Waals surface area contributed by atoms with E-state index in [1.807, 2.05) is 0 Å². The van der Waals surface area contributed by atoms with Crippen molar-refractivity contribution in [3.8, 4) is 0 Å². The molecule has 0 aliphatic heterocycles. The molecule has 110 valence electrons. The second kappa shape index (κ2) is 5.23. The summed E-state index contributed by atoms with van der Waals surface area (Å²) in [5, 5.41) is 9.13. The maximum atomic E-state index is 11.7. The zero-order chi connectivity index (χ0) is 15.7. The Bertz CT molecular complexity index is 762. The summed E-state index contributed by atoms with van der Waals surface area (Å²) in [7, 11) is 3.96. The zero-order valence-electron chi connectivity index (χ0n) is 11.5. The van der Waals surface area contributed by atoms with Crippen LogP contribution in [0.15, 0.2) is 12.1 Å². The van der Waals surface area contributed by atoms with Gasteiger partial charge in [-0.2, -0.15) is 0 Å². The van der Waals surface area contributed by atoms with Crippen LogP contribution in [-0.4, -0.2) is 46.8 Å². The first-order chi connectivity index (χ1) is 9.90. The van der Waals surface area contributed by atoms with E-state index in [9.17, 15) is 14.4 Å². The van der Waals surface area contributed by atoms with Crippen molar-refractivity contribution in [2.45, 2.75) is 0 Å². The summed E-state index contributed by atoms with van der Waals surface area (Å²) in [5.74, 6) is -2.77. The van der Waals surface area contributed by atoms with Gasteiger partial charge in [-0.15, -0.1) is 0 Å². The molecule has 0 bridgehead atoms. The third-order valence-corrected chi connectivity index (χ3v) is 3.03. The lowest BCUT2D eigenvalue weighted by atomic mass is 10.1. The van der Waals surface area contributed by atoms with Gasteiger partial charge < -0.3 is 19.1 Å². The Morgan fingerprint density at radius 2 is 1.76 bits per heavy atom. The van der Waals surface area contributed by atoms with Crippen LogP contribution in [0.3, 0.4) is 0 Å². The first kappa shape index (κ1) is 14.5. The molecule has 8 heteroatoms. The number of hydrogen-bond acceptors (Lipinski definition) is 6. The highest BCUT2D eigenvalue weighted by Crippen LogP contribution is 2.21. The molecule has 0 aliphatic rings. The third-order valence-electron chi connectivity index (χ3n) is 3.03. The van der Waals surface area contributed by atoms with E-state index in [0.717, 1.165) is 7.11 Å². The fraction of sp³-hybridized carbons (Fsp3) is 0.231. The lowest BCUT2D eigenvalue weighted by Crippen LogP contribution is -2.12. The minimum Gasteiger partial charge on any atom is -0.476 e. The molecule has 2 aromatic heterocycles. The average molecular weight is 292 g/mol. The Morgan fingerprint density at radius 3 is 2.29 bits per heavy atom. The highest BCUT2D eigenvalue weighted by atomic mass is 16.5. The number of carboxylic acid groups (broad SMARTS) is 1. The zero-order valence-corrected chi connectivity index (χ0v) is 11.5. The molecule has 0 amide bonds. The van der Waals surface area contributed by atoms with Gasteiger partial charge in [-0.3, -0.25) is 0 Å². The molecule has 2 aromatic rings. The minimum atomic E-state index is -1.36. The number of pyridine rings is 1.